The number of anilines is 2. The van der Waals surface area contributed by atoms with Crippen molar-refractivity contribution in [3.63, 3.8) is 0 Å². The van der Waals surface area contributed by atoms with Crippen molar-refractivity contribution in [1.29, 1.82) is 0 Å². The van der Waals surface area contributed by atoms with Crippen molar-refractivity contribution < 1.29 is 9.90 Å². The van der Waals surface area contributed by atoms with Gasteiger partial charge in [-0.25, -0.2) is 14.8 Å². The molecule has 0 bridgehead atoms. The van der Waals surface area contributed by atoms with Gasteiger partial charge in [0.1, 0.15) is 17.7 Å². The fraction of sp³-hybridized carbons (Fsp3) is 0.438. The molecule has 5 heterocycles. The van der Waals surface area contributed by atoms with E-state index in [1.54, 1.807) is 24.8 Å². The summed E-state index contributed by atoms with van der Waals surface area (Å²) in [7, 11) is 0. The minimum atomic E-state index is -0.915. The van der Waals surface area contributed by atoms with Crippen molar-refractivity contribution >= 4 is 17.6 Å². The summed E-state index contributed by atoms with van der Waals surface area (Å²) in [4.78, 5) is 32.3. The largest absolute Gasteiger partial charge is 0.480 e. The number of hydrogen-bond donors (Lipinski definition) is 3. The predicted octanol–water partition coefficient (Wildman–Crippen LogP) is 4.39. The first-order valence-electron chi connectivity index (χ1n) is 15.1. The van der Waals surface area contributed by atoms with Crippen molar-refractivity contribution in [2.45, 2.75) is 65.0 Å². The van der Waals surface area contributed by atoms with Crippen LogP contribution in [0, 0.1) is 13.8 Å². The Kier molecular flexibility index (Phi) is 10.3. The van der Waals surface area contributed by atoms with Gasteiger partial charge in [-0.15, -0.1) is 0 Å². The van der Waals surface area contributed by atoms with E-state index in [-0.39, 0.29) is 0 Å². The second-order valence-corrected chi connectivity index (χ2v) is 11.1. The van der Waals surface area contributed by atoms with Crippen molar-refractivity contribution in [3.8, 4) is 11.3 Å². The Labute approximate surface area is 252 Å². The number of rotatable bonds is 15. The number of carboxylic acid groups (broad SMARTS) is 1. The molecule has 1 aliphatic rings. The third-order valence-electron chi connectivity index (χ3n) is 7.81. The molecule has 0 unspecified atom stereocenters. The van der Waals surface area contributed by atoms with Gasteiger partial charge in [-0.2, -0.15) is 5.10 Å². The second kappa shape index (κ2) is 14.7. The first kappa shape index (κ1) is 30.1. The summed E-state index contributed by atoms with van der Waals surface area (Å²) in [6, 6.07) is 9.34. The minimum Gasteiger partial charge on any atom is -0.480 e. The molecular weight excluding hydrogens is 542 g/mol. The lowest BCUT2D eigenvalue weighted by Crippen LogP contribution is -2.37. The Hall–Kier alpha value is -4.38. The zero-order valence-electron chi connectivity index (χ0n) is 25.0. The van der Waals surface area contributed by atoms with Crippen molar-refractivity contribution in [1.82, 2.24) is 34.6 Å². The molecule has 1 aliphatic heterocycles. The van der Waals surface area contributed by atoms with Crippen molar-refractivity contribution in [3.05, 3.63) is 77.8 Å². The third kappa shape index (κ3) is 8.57. The smallest absolute Gasteiger partial charge is 0.326 e. The molecule has 0 spiro atoms. The Morgan fingerprint density at radius 2 is 1.93 bits per heavy atom. The fourth-order valence-corrected chi connectivity index (χ4v) is 5.47. The van der Waals surface area contributed by atoms with Gasteiger partial charge in [0.25, 0.3) is 0 Å². The molecule has 0 aromatic carbocycles. The van der Waals surface area contributed by atoms with Crippen LogP contribution in [0.1, 0.15) is 48.3 Å². The number of aryl methyl sites for hydroxylation is 4. The molecule has 0 aliphatic carbocycles. The number of aromatic nitrogens is 6. The number of nitrogens with zero attached hydrogens (tertiary/aromatic N) is 7. The van der Waals surface area contributed by atoms with Crippen LogP contribution in [0.15, 0.2) is 55.1 Å². The molecule has 0 fully saturated rings. The molecule has 0 amide bonds. The first-order chi connectivity index (χ1) is 20.9. The molecular formula is C32H41N9O2. The van der Waals surface area contributed by atoms with Gasteiger partial charge in [0.2, 0.25) is 0 Å². The van der Waals surface area contributed by atoms with Crippen molar-refractivity contribution in [2.24, 2.45) is 0 Å². The van der Waals surface area contributed by atoms with E-state index in [0.717, 1.165) is 86.7 Å². The van der Waals surface area contributed by atoms with Crippen LogP contribution in [0.5, 0.6) is 0 Å². The van der Waals surface area contributed by atoms with Gasteiger partial charge in [-0.05, 0) is 88.7 Å². The number of carboxylic acids is 1. The Morgan fingerprint density at radius 3 is 2.72 bits per heavy atom. The maximum Gasteiger partial charge on any atom is 0.326 e. The van der Waals surface area contributed by atoms with Gasteiger partial charge >= 0.3 is 5.97 Å². The zero-order valence-corrected chi connectivity index (χ0v) is 25.0. The Balaban J connectivity index is 1.19. The fourth-order valence-electron chi connectivity index (χ4n) is 5.47. The number of fused-ring (bicyclic) bond motifs is 1. The molecule has 3 N–H and O–H groups in total. The quantitative estimate of drug-likeness (QED) is 0.173. The SMILES string of the molecule is Cc1cc(C)n(CCN(CCCCc2ccc3c(n2)NCCC3)CC[C@H](Nc2cncc(-c3ccncc3)n2)C(=O)O)n1. The number of aliphatic carboxylic acids is 1. The number of unbranched alkanes of at least 4 members (excludes halogenated alkanes) is 1. The van der Waals surface area contributed by atoms with E-state index in [9.17, 15) is 9.90 Å². The number of nitrogens with one attached hydrogen (secondary N) is 2. The van der Waals surface area contributed by atoms with Crippen LogP contribution in [-0.2, 0) is 24.2 Å². The van der Waals surface area contributed by atoms with Gasteiger partial charge in [-0.3, -0.25) is 14.6 Å². The standard InChI is InChI=1S/C32H41N9O2/c1-23-20-24(2)41(39-23)19-18-40(16-4-3-7-27-9-8-26-6-5-13-35-31(26)36-27)17-12-28(32(42)43)37-30-22-34-21-29(38-30)25-10-14-33-15-11-25/h8-11,14-15,20-22,28H,3-7,12-13,16-19H2,1-2H3,(H,35,36)(H,37,38)(H,42,43)/t28-/m0/s1. The van der Waals surface area contributed by atoms with Crippen LogP contribution in [-0.4, -0.2) is 77.9 Å². The van der Waals surface area contributed by atoms with Crippen LogP contribution >= 0.6 is 0 Å². The number of hydrogen-bond acceptors (Lipinski definition) is 9. The lowest BCUT2D eigenvalue weighted by Gasteiger charge is -2.25. The van der Waals surface area contributed by atoms with E-state index in [0.29, 0.717) is 24.5 Å². The van der Waals surface area contributed by atoms with Crippen LogP contribution in [0.25, 0.3) is 11.3 Å². The summed E-state index contributed by atoms with van der Waals surface area (Å²) >= 11 is 0. The van der Waals surface area contributed by atoms with E-state index in [1.165, 1.54) is 5.56 Å². The van der Waals surface area contributed by atoms with Crippen LogP contribution in [0.4, 0.5) is 11.6 Å². The van der Waals surface area contributed by atoms with E-state index in [2.05, 4.69) is 60.7 Å². The predicted molar refractivity (Wildman–Crippen MR) is 167 cm³/mol. The summed E-state index contributed by atoms with van der Waals surface area (Å²) in [6.45, 7) is 8.09. The molecule has 4 aromatic heterocycles. The summed E-state index contributed by atoms with van der Waals surface area (Å²) in [6.07, 6.45) is 12.2. The second-order valence-electron chi connectivity index (χ2n) is 11.1. The van der Waals surface area contributed by atoms with E-state index in [1.807, 2.05) is 23.7 Å². The molecule has 43 heavy (non-hydrogen) atoms. The zero-order chi connectivity index (χ0) is 30.0. The molecule has 11 nitrogen and oxygen atoms in total. The maximum absolute atomic E-state index is 12.3. The summed E-state index contributed by atoms with van der Waals surface area (Å²) < 4.78 is 2.03. The normalized spacial score (nSPS) is 13.4. The average molecular weight is 584 g/mol. The lowest BCUT2D eigenvalue weighted by molar-refractivity contribution is -0.138. The Morgan fingerprint density at radius 1 is 1.07 bits per heavy atom. The molecule has 4 aromatic rings. The van der Waals surface area contributed by atoms with E-state index < -0.39 is 12.0 Å². The van der Waals surface area contributed by atoms with Crippen LogP contribution in [0.2, 0.25) is 0 Å². The van der Waals surface area contributed by atoms with E-state index in [4.69, 9.17) is 4.98 Å². The highest BCUT2D eigenvalue weighted by atomic mass is 16.4. The summed E-state index contributed by atoms with van der Waals surface area (Å²) in [5.74, 6) is 0.558. The highest BCUT2D eigenvalue weighted by molar-refractivity contribution is 5.77. The molecule has 11 heteroatoms. The van der Waals surface area contributed by atoms with Gasteiger partial charge < -0.3 is 20.6 Å². The minimum absolute atomic E-state index is 0.422. The summed E-state index contributed by atoms with van der Waals surface area (Å²) in [5, 5.41) is 21.2. The summed E-state index contributed by atoms with van der Waals surface area (Å²) in [5.41, 5.74) is 6.08. The molecule has 1 atom stereocenters. The highest BCUT2D eigenvalue weighted by Gasteiger charge is 2.20. The molecule has 0 saturated heterocycles. The van der Waals surface area contributed by atoms with Crippen LogP contribution in [0.3, 0.4) is 0 Å². The molecule has 5 rings (SSSR count). The number of carbonyl (C=O) groups is 1. The first-order valence-corrected chi connectivity index (χ1v) is 15.1. The van der Waals surface area contributed by atoms with Crippen molar-refractivity contribution in [2.75, 3.05) is 36.8 Å². The Bertz CT molecular complexity index is 1490. The van der Waals surface area contributed by atoms with Crippen LogP contribution < -0.4 is 10.6 Å². The average Bonchev–Trinajstić information content (AvgIpc) is 3.35. The number of pyridine rings is 2. The van der Waals surface area contributed by atoms with E-state index >= 15 is 0 Å². The van der Waals surface area contributed by atoms with Gasteiger partial charge in [0.15, 0.2) is 0 Å². The van der Waals surface area contributed by atoms with Gasteiger partial charge in [0, 0.05) is 49.0 Å². The lowest BCUT2D eigenvalue weighted by atomic mass is 10.1. The van der Waals surface area contributed by atoms with Gasteiger partial charge in [-0.1, -0.05) is 6.07 Å². The maximum atomic E-state index is 12.3. The van der Waals surface area contributed by atoms with Gasteiger partial charge in [0.05, 0.1) is 30.3 Å². The topological polar surface area (TPSA) is 134 Å². The highest BCUT2D eigenvalue weighted by Crippen LogP contribution is 2.21. The molecule has 0 saturated carbocycles. The molecule has 226 valence electrons. The molecule has 0 radical (unpaired) electrons. The third-order valence-corrected chi connectivity index (χ3v) is 7.81. The monoisotopic (exact) mass is 583 g/mol.